The first-order valence-corrected chi connectivity index (χ1v) is 9.07. The largest absolute Gasteiger partial charge is 0.312 e. The molecule has 0 aliphatic carbocycles. The molecule has 7 heteroatoms. The number of rotatable bonds is 4. The van der Waals surface area contributed by atoms with Crippen molar-refractivity contribution in [1.82, 2.24) is 10.2 Å². The zero-order chi connectivity index (χ0) is 16.6. The summed E-state index contributed by atoms with van der Waals surface area (Å²) in [5.74, 6) is 0.116. The van der Waals surface area contributed by atoms with E-state index in [9.17, 15) is 9.59 Å². The Bertz CT molecular complexity index is 772. The molecule has 120 valence electrons. The molecule has 1 aromatic carbocycles. The molecular weight excluding hydrogens is 330 g/mol. The van der Waals surface area contributed by atoms with E-state index in [0.29, 0.717) is 12.1 Å². The van der Waals surface area contributed by atoms with Crippen LogP contribution in [0.5, 0.6) is 0 Å². The van der Waals surface area contributed by atoms with Gasteiger partial charge in [0.1, 0.15) is 5.01 Å². The fourth-order valence-electron chi connectivity index (χ4n) is 2.65. The second kappa shape index (κ2) is 6.41. The number of carbonyl (C=O) groups is 2. The van der Waals surface area contributed by atoms with E-state index in [1.807, 2.05) is 32.0 Å². The molecule has 1 aliphatic rings. The molecule has 1 aliphatic heterocycles. The van der Waals surface area contributed by atoms with E-state index < -0.39 is 0 Å². The van der Waals surface area contributed by atoms with E-state index >= 15 is 0 Å². The second-order valence-electron chi connectivity index (χ2n) is 5.48. The topological polar surface area (TPSA) is 63.2 Å². The quantitative estimate of drug-likeness (QED) is 0.628. The second-order valence-corrected chi connectivity index (χ2v) is 8.25. The van der Waals surface area contributed by atoms with Crippen LogP contribution < -0.4 is 4.90 Å². The number of benzene rings is 1. The number of anilines is 1. The highest BCUT2D eigenvalue weighted by Crippen LogP contribution is 2.32. The van der Waals surface area contributed by atoms with Gasteiger partial charge in [-0.15, -0.1) is 10.2 Å². The van der Waals surface area contributed by atoms with E-state index in [-0.39, 0.29) is 16.9 Å². The van der Waals surface area contributed by atoms with Crippen LogP contribution in [-0.2, 0) is 11.2 Å². The Morgan fingerprint density at radius 2 is 2.13 bits per heavy atom. The van der Waals surface area contributed by atoms with E-state index in [2.05, 4.69) is 10.2 Å². The summed E-state index contributed by atoms with van der Waals surface area (Å²) in [4.78, 5) is 26.0. The van der Waals surface area contributed by atoms with Crippen LogP contribution in [0.25, 0.3) is 0 Å². The normalized spacial score (nSPS) is 14.7. The third-order valence-corrected chi connectivity index (χ3v) is 5.82. The van der Waals surface area contributed by atoms with Crippen LogP contribution in [0.15, 0.2) is 22.5 Å². The maximum Gasteiger partial charge on any atom is 0.223 e. The van der Waals surface area contributed by atoms with Crippen LogP contribution in [0.3, 0.4) is 0 Å². The Hall–Kier alpha value is -1.73. The third-order valence-electron chi connectivity index (χ3n) is 3.79. The zero-order valence-corrected chi connectivity index (χ0v) is 14.8. The molecule has 1 atom stereocenters. The highest BCUT2D eigenvalue weighted by molar-refractivity contribution is 8.02. The van der Waals surface area contributed by atoms with Gasteiger partial charge in [-0.3, -0.25) is 9.59 Å². The molecule has 23 heavy (non-hydrogen) atoms. The SMILES string of the molecule is CC(=O)N1CCc2cc(C(=O)[C@@H](C)Sc3nnc(C)s3)ccc21. The Balaban J connectivity index is 1.77. The number of amides is 1. The number of thioether (sulfide) groups is 1. The molecule has 0 fully saturated rings. The Labute approximate surface area is 143 Å². The number of hydrogen-bond acceptors (Lipinski definition) is 6. The summed E-state index contributed by atoms with van der Waals surface area (Å²) in [7, 11) is 0. The van der Waals surface area contributed by atoms with Crippen LogP contribution in [-0.4, -0.2) is 33.7 Å². The van der Waals surface area contributed by atoms with Gasteiger partial charge in [0.2, 0.25) is 5.91 Å². The average Bonchev–Trinajstić information content (AvgIpc) is 3.11. The molecule has 2 heterocycles. The maximum atomic E-state index is 12.6. The number of hydrogen-bond donors (Lipinski definition) is 0. The summed E-state index contributed by atoms with van der Waals surface area (Å²) in [6.07, 6.45) is 0.799. The first-order chi connectivity index (χ1) is 11.0. The standard InChI is InChI=1S/C16H17N3O2S2/c1-9(22-16-18-17-10(2)23-16)15(21)13-4-5-14-12(8-13)6-7-19(14)11(3)20/h4-5,8-9H,6-7H2,1-3H3/t9-/m1/s1. The summed E-state index contributed by atoms with van der Waals surface area (Å²) in [6.45, 7) is 6.04. The van der Waals surface area contributed by atoms with Crippen molar-refractivity contribution in [2.75, 3.05) is 11.4 Å². The minimum absolute atomic E-state index is 0.0402. The zero-order valence-electron chi connectivity index (χ0n) is 13.2. The highest BCUT2D eigenvalue weighted by Gasteiger charge is 2.25. The van der Waals surface area contributed by atoms with E-state index in [0.717, 1.165) is 27.0 Å². The lowest BCUT2D eigenvalue weighted by Crippen LogP contribution is -2.25. The monoisotopic (exact) mass is 347 g/mol. The molecule has 0 saturated carbocycles. The lowest BCUT2D eigenvalue weighted by Gasteiger charge is -2.15. The van der Waals surface area contributed by atoms with Crippen molar-refractivity contribution in [3.05, 3.63) is 34.3 Å². The van der Waals surface area contributed by atoms with Crippen LogP contribution in [0.4, 0.5) is 5.69 Å². The summed E-state index contributed by atoms with van der Waals surface area (Å²) < 4.78 is 0.812. The molecule has 0 bridgehead atoms. The number of ketones is 1. The van der Waals surface area contributed by atoms with Gasteiger partial charge in [-0.2, -0.15) is 0 Å². The Kier molecular flexibility index (Phi) is 4.50. The molecule has 0 N–H and O–H groups in total. The Morgan fingerprint density at radius 3 is 2.78 bits per heavy atom. The number of aromatic nitrogens is 2. The van der Waals surface area contributed by atoms with Crippen molar-refractivity contribution in [1.29, 1.82) is 0 Å². The predicted octanol–water partition coefficient (Wildman–Crippen LogP) is 3.12. The van der Waals surface area contributed by atoms with Crippen molar-refractivity contribution in [2.24, 2.45) is 0 Å². The van der Waals surface area contributed by atoms with Gasteiger partial charge in [-0.25, -0.2) is 0 Å². The third kappa shape index (κ3) is 3.30. The fourth-order valence-corrected chi connectivity index (χ4v) is 4.68. The molecule has 5 nitrogen and oxygen atoms in total. The summed E-state index contributed by atoms with van der Waals surface area (Å²) in [6, 6.07) is 5.61. The van der Waals surface area contributed by atoms with E-state index in [4.69, 9.17) is 0 Å². The van der Waals surface area contributed by atoms with Crippen molar-refractivity contribution in [3.8, 4) is 0 Å². The summed E-state index contributed by atoms with van der Waals surface area (Å²) in [5.41, 5.74) is 2.68. The smallest absolute Gasteiger partial charge is 0.223 e. The van der Waals surface area contributed by atoms with Crippen LogP contribution in [0.1, 0.15) is 34.8 Å². The molecular formula is C16H17N3O2S2. The molecule has 3 rings (SSSR count). The molecule has 0 radical (unpaired) electrons. The van der Waals surface area contributed by atoms with Gasteiger partial charge < -0.3 is 4.90 Å². The van der Waals surface area contributed by atoms with Gasteiger partial charge in [0.15, 0.2) is 10.1 Å². The minimum Gasteiger partial charge on any atom is -0.312 e. The molecule has 0 saturated heterocycles. The molecule has 0 spiro atoms. The lowest BCUT2D eigenvalue weighted by atomic mass is 10.0. The molecule has 2 aromatic rings. The van der Waals surface area contributed by atoms with E-state index in [1.54, 1.807) is 11.8 Å². The maximum absolute atomic E-state index is 12.6. The number of Topliss-reactive ketones (excluding diaryl/α,β-unsaturated/α-hetero) is 1. The average molecular weight is 347 g/mol. The predicted molar refractivity (Wildman–Crippen MR) is 92.5 cm³/mol. The van der Waals surface area contributed by atoms with Crippen molar-refractivity contribution >= 4 is 40.5 Å². The first kappa shape index (κ1) is 16.1. The first-order valence-electron chi connectivity index (χ1n) is 7.37. The fraction of sp³-hybridized carbons (Fsp3) is 0.375. The lowest BCUT2D eigenvalue weighted by molar-refractivity contribution is -0.116. The number of aryl methyl sites for hydroxylation is 1. The van der Waals surface area contributed by atoms with Crippen LogP contribution in [0, 0.1) is 6.92 Å². The minimum atomic E-state index is -0.217. The van der Waals surface area contributed by atoms with Crippen molar-refractivity contribution in [3.63, 3.8) is 0 Å². The molecule has 1 amide bonds. The number of nitrogens with zero attached hydrogens (tertiary/aromatic N) is 3. The van der Waals surface area contributed by atoms with Crippen molar-refractivity contribution in [2.45, 2.75) is 36.8 Å². The number of carbonyl (C=O) groups excluding carboxylic acids is 2. The van der Waals surface area contributed by atoms with E-state index in [1.165, 1.54) is 23.1 Å². The van der Waals surface area contributed by atoms with Crippen molar-refractivity contribution < 1.29 is 9.59 Å². The van der Waals surface area contributed by atoms with Gasteiger partial charge in [-0.05, 0) is 44.0 Å². The van der Waals surface area contributed by atoms with Crippen LogP contribution >= 0.6 is 23.1 Å². The van der Waals surface area contributed by atoms with Gasteiger partial charge in [0, 0.05) is 24.7 Å². The number of fused-ring (bicyclic) bond motifs is 1. The van der Waals surface area contributed by atoms with Gasteiger partial charge in [0.25, 0.3) is 0 Å². The summed E-state index contributed by atoms with van der Waals surface area (Å²) in [5, 5.41) is 8.71. The van der Waals surface area contributed by atoms with Gasteiger partial charge in [-0.1, -0.05) is 23.1 Å². The highest BCUT2D eigenvalue weighted by atomic mass is 32.2. The van der Waals surface area contributed by atoms with Gasteiger partial charge in [0.05, 0.1) is 5.25 Å². The molecule has 1 aromatic heterocycles. The van der Waals surface area contributed by atoms with Crippen LogP contribution in [0.2, 0.25) is 0 Å². The molecule has 0 unspecified atom stereocenters. The Morgan fingerprint density at radius 1 is 1.35 bits per heavy atom. The summed E-state index contributed by atoms with van der Waals surface area (Å²) >= 11 is 2.93. The van der Waals surface area contributed by atoms with Gasteiger partial charge >= 0.3 is 0 Å².